The van der Waals surface area contributed by atoms with Crippen molar-refractivity contribution in [3.05, 3.63) is 29.3 Å². The molecule has 2 nitrogen and oxygen atoms in total. The van der Waals surface area contributed by atoms with Crippen LogP contribution in [0.3, 0.4) is 0 Å². The first kappa shape index (κ1) is 19.3. The van der Waals surface area contributed by atoms with Gasteiger partial charge in [0, 0.05) is 0 Å². The predicted molar refractivity (Wildman–Crippen MR) is 102 cm³/mol. The second kappa shape index (κ2) is 12.4. The molecule has 1 aliphatic rings. The van der Waals surface area contributed by atoms with Crippen LogP contribution in [-0.4, -0.2) is 6.61 Å². The van der Waals surface area contributed by atoms with E-state index in [-0.39, 0.29) is 0 Å². The molecule has 24 heavy (non-hydrogen) atoms. The second-order valence-electron chi connectivity index (χ2n) is 7.24. The molecular weight excluding hydrogens is 296 g/mol. The van der Waals surface area contributed by atoms with Crippen molar-refractivity contribution >= 4 is 0 Å². The predicted octanol–water partition coefficient (Wildman–Crippen LogP) is 6.80. The first-order chi connectivity index (χ1) is 11.9. The van der Waals surface area contributed by atoms with E-state index in [4.69, 9.17) is 9.78 Å². The van der Waals surface area contributed by atoms with Crippen LogP contribution in [0.25, 0.3) is 0 Å². The molecule has 0 fully saturated rings. The first-order valence-corrected chi connectivity index (χ1v) is 10.3. The van der Waals surface area contributed by atoms with Crippen LogP contribution < -0.4 is 4.89 Å². The summed E-state index contributed by atoms with van der Waals surface area (Å²) in [4.78, 5) is 10.6. The molecule has 0 aliphatic carbocycles. The Morgan fingerprint density at radius 1 is 0.833 bits per heavy atom. The van der Waals surface area contributed by atoms with Crippen LogP contribution in [0.5, 0.6) is 5.75 Å². The Morgan fingerprint density at radius 2 is 1.54 bits per heavy atom. The minimum absolute atomic E-state index is 0.708. The zero-order valence-corrected chi connectivity index (χ0v) is 15.7. The minimum Gasteiger partial charge on any atom is -0.337 e. The average Bonchev–Trinajstić information content (AvgIpc) is 2.57. The van der Waals surface area contributed by atoms with Gasteiger partial charge in [0.05, 0.1) is 6.61 Å². The maximum absolute atomic E-state index is 5.39. The Balaban J connectivity index is 1.56. The van der Waals surface area contributed by atoms with Crippen LogP contribution in [0.15, 0.2) is 18.2 Å². The summed E-state index contributed by atoms with van der Waals surface area (Å²) in [6.07, 6.45) is 18.6. The molecule has 0 spiro atoms. The molecule has 0 bridgehead atoms. The number of aryl methyl sites for hydroxylation is 2. The highest BCUT2D eigenvalue weighted by Gasteiger charge is 2.09. The Morgan fingerprint density at radius 3 is 2.29 bits per heavy atom. The van der Waals surface area contributed by atoms with Crippen LogP contribution in [0.1, 0.15) is 95.1 Å². The zero-order chi connectivity index (χ0) is 16.9. The maximum Gasteiger partial charge on any atom is 0.168 e. The van der Waals surface area contributed by atoms with Gasteiger partial charge in [0.25, 0.3) is 0 Å². The summed E-state index contributed by atoms with van der Waals surface area (Å²) >= 11 is 0. The number of hydrogen-bond acceptors (Lipinski definition) is 2. The van der Waals surface area contributed by atoms with Crippen molar-refractivity contribution in [2.45, 2.75) is 96.8 Å². The highest BCUT2D eigenvalue weighted by molar-refractivity contribution is 5.37. The Hall–Kier alpha value is -1.02. The zero-order valence-electron chi connectivity index (χ0n) is 15.7. The van der Waals surface area contributed by atoms with Crippen molar-refractivity contribution in [1.29, 1.82) is 0 Å². The summed E-state index contributed by atoms with van der Waals surface area (Å²) in [6, 6.07) is 6.63. The molecule has 1 heterocycles. The van der Waals surface area contributed by atoms with E-state index in [9.17, 15) is 0 Å². The fourth-order valence-corrected chi connectivity index (χ4v) is 3.46. The number of fused-ring (bicyclic) bond motifs is 1. The third-order valence-electron chi connectivity index (χ3n) is 5.02. The van der Waals surface area contributed by atoms with E-state index < -0.39 is 0 Å². The molecule has 0 saturated carbocycles. The van der Waals surface area contributed by atoms with Crippen LogP contribution in [-0.2, 0) is 17.7 Å². The van der Waals surface area contributed by atoms with Gasteiger partial charge in [0.2, 0.25) is 0 Å². The van der Waals surface area contributed by atoms with Crippen molar-refractivity contribution in [3.63, 3.8) is 0 Å². The highest BCUT2D eigenvalue weighted by atomic mass is 17.2. The fraction of sp³-hybridized carbons (Fsp3) is 0.727. The standard InChI is InChI=1S/C22H36O2/c1-2-3-4-5-6-7-8-9-10-11-14-20-16-17-22-21(19-20)15-12-13-18-23-24-22/h16-17,19H,2-15,18H2,1H3. The van der Waals surface area contributed by atoms with Crippen LogP contribution in [0.2, 0.25) is 0 Å². The van der Waals surface area contributed by atoms with Gasteiger partial charge in [-0.1, -0.05) is 76.8 Å². The van der Waals surface area contributed by atoms with E-state index in [1.165, 1.54) is 88.2 Å². The summed E-state index contributed by atoms with van der Waals surface area (Å²) in [7, 11) is 0. The number of benzene rings is 1. The molecule has 0 atom stereocenters. The third kappa shape index (κ3) is 7.70. The summed E-state index contributed by atoms with van der Waals surface area (Å²) in [5, 5.41) is 0. The van der Waals surface area contributed by atoms with E-state index in [0.717, 1.165) is 18.6 Å². The lowest BCUT2D eigenvalue weighted by atomic mass is 9.99. The quantitative estimate of drug-likeness (QED) is 0.328. The molecular formula is C22H36O2. The molecule has 1 aromatic carbocycles. The van der Waals surface area contributed by atoms with E-state index in [1.807, 2.05) is 0 Å². The van der Waals surface area contributed by atoms with Crippen molar-refractivity contribution in [1.82, 2.24) is 0 Å². The van der Waals surface area contributed by atoms with E-state index in [0.29, 0.717) is 6.61 Å². The summed E-state index contributed by atoms with van der Waals surface area (Å²) in [5.41, 5.74) is 2.77. The average molecular weight is 333 g/mol. The lowest BCUT2D eigenvalue weighted by Crippen LogP contribution is -2.06. The van der Waals surface area contributed by atoms with Gasteiger partial charge in [-0.3, -0.25) is 0 Å². The smallest absolute Gasteiger partial charge is 0.168 e. The second-order valence-corrected chi connectivity index (χ2v) is 7.24. The Kier molecular flexibility index (Phi) is 9.94. The monoisotopic (exact) mass is 332 g/mol. The molecule has 136 valence electrons. The number of unbranched alkanes of at least 4 members (excludes halogenated alkanes) is 9. The van der Waals surface area contributed by atoms with Crippen molar-refractivity contribution in [2.24, 2.45) is 0 Å². The molecule has 2 heteroatoms. The highest BCUT2D eigenvalue weighted by Crippen LogP contribution is 2.25. The molecule has 0 aromatic heterocycles. The lowest BCUT2D eigenvalue weighted by molar-refractivity contribution is -0.209. The molecule has 2 rings (SSSR count). The van der Waals surface area contributed by atoms with Gasteiger partial charge in [-0.05, 0) is 49.3 Å². The van der Waals surface area contributed by atoms with E-state index in [2.05, 4.69) is 25.1 Å². The summed E-state index contributed by atoms with van der Waals surface area (Å²) in [6.45, 7) is 2.99. The summed E-state index contributed by atoms with van der Waals surface area (Å²) < 4.78 is 0. The lowest BCUT2D eigenvalue weighted by Gasteiger charge is -2.15. The third-order valence-corrected chi connectivity index (χ3v) is 5.02. The first-order valence-electron chi connectivity index (χ1n) is 10.3. The summed E-state index contributed by atoms with van der Waals surface area (Å²) in [5.74, 6) is 0.918. The number of rotatable bonds is 11. The normalized spacial score (nSPS) is 14.5. The SMILES string of the molecule is CCCCCCCCCCCCc1ccc2c(c1)CCCCOO2. The molecule has 1 aliphatic heterocycles. The Bertz CT molecular complexity index is 442. The molecule has 1 aromatic rings. The number of hydrogen-bond donors (Lipinski definition) is 0. The van der Waals surface area contributed by atoms with Gasteiger partial charge in [0.1, 0.15) is 0 Å². The van der Waals surface area contributed by atoms with Gasteiger partial charge < -0.3 is 4.89 Å². The maximum atomic E-state index is 5.39. The molecule has 0 N–H and O–H groups in total. The molecule has 0 unspecified atom stereocenters. The molecule has 0 radical (unpaired) electrons. The van der Waals surface area contributed by atoms with Gasteiger partial charge in [0.15, 0.2) is 5.75 Å². The van der Waals surface area contributed by atoms with Crippen LogP contribution in [0, 0.1) is 0 Å². The van der Waals surface area contributed by atoms with Gasteiger partial charge >= 0.3 is 0 Å². The van der Waals surface area contributed by atoms with Gasteiger partial charge in [-0.15, -0.1) is 0 Å². The topological polar surface area (TPSA) is 18.5 Å². The van der Waals surface area contributed by atoms with E-state index >= 15 is 0 Å². The van der Waals surface area contributed by atoms with Crippen LogP contribution in [0.4, 0.5) is 0 Å². The van der Waals surface area contributed by atoms with Crippen molar-refractivity contribution in [2.75, 3.05) is 6.61 Å². The largest absolute Gasteiger partial charge is 0.337 e. The molecule has 0 amide bonds. The molecule has 0 saturated heterocycles. The van der Waals surface area contributed by atoms with E-state index in [1.54, 1.807) is 0 Å². The van der Waals surface area contributed by atoms with Crippen LogP contribution >= 0.6 is 0 Å². The van der Waals surface area contributed by atoms with Gasteiger partial charge in [-0.25, -0.2) is 0 Å². The Labute approximate surface area is 148 Å². The van der Waals surface area contributed by atoms with Crippen molar-refractivity contribution in [3.8, 4) is 5.75 Å². The minimum atomic E-state index is 0.708. The fourth-order valence-electron chi connectivity index (χ4n) is 3.46. The van der Waals surface area contributed by atoms with Gasteiger partial charge in [-0.2, -0.15) is 4.89 Å². The van der Waals surface area contributed by atoms with Crippen molar-refractivity contribution < 1.29 is 9.78 Å².